The van der Waals surface area contributed by atoms with Crippen LogP contribution in [0.15, 0.2) is 36.4 Å². The van der Waals surface area contributed by atoms with Crippen LogP contribution < -0.4 is 9.47 Å². The van der Waals surface area contributed by atoms with E-state index in [0.29, 0.717) is 0 Å². The van der Waals surface area contributed by atoms with Gasteiger partial charge in [-0.1, -0.05) is 24.3 Å². The van der Waals surface area contributed by atoms with Crippen molar-refractivity contribution in [2.45, 2.75) is 41.5 Å². The van der Waals surface area contributed by atoms with Crippen molar-refractivity contribution in [3.63, 3.8) is 0 Å². The quantitative estimate of drug-likeness (QED) is 0.590. The molecule has 2 rings (SSSR count). The highest BCUT2D eigenvalue weighted by atomic mass is 16.6. The molecule has 0 fully saturated rings. The van der Waals surface area contributed by atoms with E-state index in [1.165, 1.54) is 0 Å². The molecule has 0 aliphatic rings. The average Bonchev–Trinajstić information content (AvgIpc) is 2.45. The fraction of sp³-hybridized carbons (Fsp3) is 0.400. The van der Waals surface area contributed by atoms with Crippen molar-refractivity contribution in [1.29, 1.82) is 0 Å². The number of hydrogen-bond donors (Lipinski definition) is 0. The first-order valence-corrected chi connectivity index (χ1v) is 7.96. The zero-order valence-electron chi connectivity index (χ0n) is 15.1. The largest absolute Gasteiger partial charge is 0.422 e. The van der Waals surface area contributed by atoms with Gasteiger partial charge in [0, 0.05) is 0 Å². The number of rotatable bonds is 2. The predicted molar refractivity (Wildman–Crippen MR) is 94.1 cm³/mol. The summed E-state index contributed by atoms with van der Waals surface area (Å²) in [5, 5.41) is 1.81. The molecule has 24 heavy (non-hydrogen) atoms. The highest BCUT2D eigenvalue weighted by molar-refractivity contribution is 5.89. The molecule has 0 aromatic heterocycles. The predicted octanol–water partition coefficient (Wildman–Crippen LogP) is 4.74. The monoisotopic (exact) mass is 328 g/mol. The highest BCUT2D eigenvalue weighted by Gasteiger charge is 2.28. The van der Waals surface area contributed by atoms with E-state index in [9.17, 15) is 9.59 Å². The van der Waals surface area contributed by atoms with Gasteiger partial charge in [-0.05, 0) is 64.4 Å². The van der Waals surface area contributed by atoms with Crippen molar-refractivity contribution < 1.29 is 19.1 Å². The summed E-state index contributed by atoms with van der Waals surface area (Å²) in [6.07, 6.45) is 0. The van der Waals surface area contributed by atoms with Gasteiger partial charge in [-0.2, -0.15) is 0 Å². The minimum Gasteiger partial charge on any atom is -0.422 e. The average molecular weight is 328 g/mol. The van der Waals surface area contributed by atoms with Crippen molar-refractivity contribution in [2.24, 2.45) is 10.8 Å². The zero-order chi connectivity index (χ0) is 18.1. The number of carbonyl (C=O) groups is 2. The van der Waals surface area contributed by atoms with E-state index in [2.05, 4.69) is 0 Å². The van der Waals surface area contributed by atoms with Gasteiger partial charge in [-0.25, -0.2) is 0 Å². The van der Waals surface area contributed by atoms with Crippen LogP contribution in [-0.2, 0) is 9.59 Å². The Hall–Kier alpha value is -2.36. The molecular weight excluding hydrogens is 304 g/mol. The third-order valence-corrected chi connectivity index (χ3v) is 3.44. The lowest BCUT2D eigenvalue weighted by molar-refractivity contribution is -0.145. The lowest BCUT2D eigenvalue weighted by atomic mass is 9.97. The number of benzene rings is 2. The Bertz CT molecular complexity index is 710. The first-order valence-electron chi connectivity index (χ1n) is 7.96. The first kappa shape index (κ1) is 18.0. The Morgan fingerprint density at radius 3 is 1.33 bits per heavy atom. The normalized spacial score (nSPS) is 12.1. The maximum absolute atomic E-state index is 12.2. The number of fused-ring (bicyclic) bond motifs is 1. The standard InChI is InChI=1S/C20H24O4/c1-19(2,3)17(21)23-15-11-13-9-7-8-10-14(13)12-16(15)24-18(22)20(4,5)6/h7-12H,1-6H3. The van der Waals surface area contributed by atoms with Gasteiger partial charge in [0.05, 0.1) is 10.8 Å². The molecule has 2 aromatic carbocycles. The van der Waals surface area contributed by atoms with Crippen LogP contribution in [0, 0.1) is 10.8 Å². The first-order chi connectivity index (χ1) is 11.0. The van der Waals surface area contributed by atoms with E-state index >= 15 is 0 Å². The molecule has 128 valence electrons. The van der Waals surface area contributed by atoms with Crippen LogP contribution in [0.2, 0.25) is 0 Å². The summed E-state index contributed by atoms with van der Waals surface area (Å²) in [5.41, 5.74) is -1.31. The van der Waals surface area contributed by atoms with E-state index in [0.717, 1.165) is 10.8 Å². The molecule has 4 heteroatoms. The van der Waals surface area contributed by atoms with Gasteiger partial charge in [-0.3, -0.25) is 9.59 Å². The Morgan fingerprint density at radius 1 is 0.708 bits per heavy atom. The van der Waals surface area contributed by atoms with Crippen LogP contribution in [0.1, 0.15) is 41.5 Å². The molecule has 0 spiro atoms. The maximum atomic E-state index is 12.2. The smallest absolute Gasteiger partial charge is 0.316 e. The van der Waals surface area contributed by atoms with Crippen LogP contribution in [0.5, 0.6) is 11.5 Å². The maximum Gasteiger partial charge on any atom is 0.316 e. The minimum absolute atomic E-state index is 0.256. The van der Waals surface area contributed by atoms with Gasteiger partial charge < -0.3 is 9.47 Å². The lowest BCUT2D eigenvalue weighted by Gasteiger charge is -2.20. The Morgan fingerprint density at radius 2 is 1.04 bits per heavy atom. The lowest BCUT2D eigenvalue weighted by Crippen LogP contribution is -2.27. The van der Waals surface area contributed by atoms with E-state index in [1.807, 2.05) is 24.3 Å². The van der Waals surface area contributed by atoms with Crippen molar-refractivity contribution in [3.8, 4) is 11.5 Å². The van der Waals surface area contributed by atoms with Crippen LogP contribution >= 0.6 is 0 Å². The minimum atomic E-state index is -0.656. The van der Waals surface area contributed by atoms with E-state index in [-0.39, 0.29) is 23.4 Å². The molecule has 0 aliphatic carbocycles. The third-order valence-electron chi connectivity index (χ3n) is 3.44. The Kier molecular flexibility index (Phi) is 4.70. The van der Waals surface area contributed by atoms with Crippen LogP contribution in [0.4, 0.5) is 0 Å². The molecule has 0 atom stereocenters. The molecule has 4 nitrogen and oxygen atoms in total. The summed E-state index contributed by atoms with van der Waals surface area (Å²) in [6, 6.07) is 11.1. The molecule has 0 heterocycles. The molecule has 2 aromatic rings. The molecule has 0 N–H and O–H groups in total. The van der Waals surface area contributed by atoms with Crippen molar-refractivity contribution in [3.05, 3.63) is 36.4 Å². The summed E-state index contributed by atoms with van der Waals surface area (Å²) in [4.78, 5) is 24.5. The SMILES string of the molecule is CC(C)(C)C(=O)Oc1cc2ccccc2cc1OC(=O)C(C)(C)C. The molecule has 0 unspecified atom stereocenters. The van der Waals surface area contributed by atoms with Gasteiger partial charge >= 0.3 is 11.9 Å². The van der Waals surface area contributed by atoms with Crippen LogP contribution in [0.3, 0.4) is 0 Å². The second kappa shape index (κ2) is 6.27. The van der Waals surface area contributed by atoms with Gasteiger partial charge in [0.15, 0.2) is 11.5 Å². The summed E-state index contributed by atoms with van der Waals surface area (Å²) >= 11 is 0. The van der Waals surface area contributed by atoms with Crippen LogP contribution in [-0.4, -0.2) is 11.9 Å². The number of carbonyl (C=O) groups excluding carboxylic acids is 2. The fourth-order valence-corrected chi connectivity index (χ4v) is 1.86. The summed E-state index contributed by atoms with van der Waals surface area (Å²) in [6.45, 7) is 10.7. The van der Waals surface area contributed by atoms with Gasteiger partial charge in [0.1, 0.15) is 0 Å². The fourth-order valence-electron chi connectivity index (χ4n) is 1.86. The second-order valence-electron chi connectivity index (χ2n) is 7.93. The second-order valence-corrected chi connectivity index (χ2v) is 7.93. The molecule has 0 amide bonds. The topological polar surface area (TPSA) is 52.6 Å². The Labute approximate surface area is 142 Å². The number of hydrogen-bond acceptors (Lipinski definition) is 4. The molecule has 0 bridgehead atoms. The van der Waals surface area contributed by atoms with E-state index in [1.54, 1.807) is 53.7 Å². The molecule has 0 saturated carbocycles. The van der Waals surface area contributed by atoms with Crippen molar-refractivity contribution in [1.82, 2.24) is 0 Å². The van der Waals surface area contributed by atoms with Gasteiger partial charge in [-0.15, -0.1) is 0 Å². The zero-order valence-corrected chi connectivity index (χ0v) is 15.1. The summed E-state index contributed by atoms with van der Waals surface area (Å²) in [5.74, 6) is -0.255. The molecule has 0 aliphatic heterocycles. The number of esters is 2. The van der Waals surface area contributed by atoms with Crippen LogP contribution in [0.25, 0.3) is 10.8 Å². The van der Waals surface area contributed by atoms with E-state index < -0.39 is 10.8 Å². The van der Waals surface area contributed by atoms with Gasteiger partial charge in [0.25, 0.3) is 0 Å². The highest BCUT2D eigenvalue weighted by Crippen LogP contribution is 2.35. The van der Waals surface area contributed by atoms with E-state index in [4.69, 9.17) is 9.47 Å². The summed E-state index contributed by atoms with van der Waals surface area (Å²) in [7, 11) is 0. The number of ether oxygens (including phenoxy) is 2. The Balaban J connectivity index is 2.48. The molecular formula is C20H24O4. The van der Waals surface area contributed by atoms with Crippen molar-refractivity contribution >= 4 is 22.7 Å². The van der Waals surface area contributed by atoms with Crippen molar-refractivity contribution in [2.75, 3.05) is 0 Å². The molecule has 0 saturated heterocycles. The molecule has 0 radical (unpaired) electrons. The summed E-state index contributed by atoms with van der Waals surface area (Å²) < 4.78 is 11.0. The van der Waals surface area contributed by atoms with Gasteiger partial charge in [0.2, 0.25) is 0 Å². The third kappa shape index (κ3) is 4.13.